The number of hydrogen-bond acceptors (Lipinski definition) is 2. The van der Waals surface area contributed by atoms with Gasteiger partial charge in [-0.25, -0.2) is 0 Å². The van der Waals surface area contributed by atoms with Crippen molar-refractivity contribution < 1.29 is 9.53 Å². The first-order chi connectivity index (χ1) is 13.3. The van der Waals surface area contributed by atoms with Gasteiger partial charge in [-0.05, 0) is 54.3 Å². The lowest BCUT2D eigenvalue weighted by molar-refractivity contribution is -0.107. The molecule has 0 bridgehead atoms. The number of ether oxygens (including phenoxy) is 1. The second-order valence-electron chi connectivity index (χ2n) is 6.97. The van der Waals surface area contributed by atoms with Crippen molar-refractivity contribution in [3.05, 3.63) is 54.2 Å². The number of carbonyl (C=O) groups is 1. The quantitative estimate of drug-likeness (QED) is 0.325. The third-order valence-electron chi connectivity index (χ3n) is 5.00. The molecule has 0 unspecified atom stereocenters. The topological polar surface area (TPSA) is 31.2 Å². The van der Waals surface area contributed by atoms with Gasteiger partial charge in [-0.2, -0.15) is 0 Å². The van der Waals surface area contributed by atoms with E-state index in [4.69, 9.17) is 4.74 Å². The number of aryl methyl sites for hydroxylation is 1. The summed E-state index contributed by atoms with van der Waals surface area (Å²) in [6, 6.07) is 14.7. The minimum absolute atomic E-state index is 0.459. The molecule has 0 aliphatic carbocycles. The Balaban J connectivity index is 1.94. The maximum absolute atomic E-state index is 11.2. The average Bonchev–Trinajstić information content (AvgIpc) is 3.03. The first kappa shape index (κ1) is 19.2. The monoisotopic (exact) mass is 363 g/mol. The van der Waals surface area contributed by atoms with Gasteiger partial charge in [-0.15, -0.1) is 0 Å². The molecule has 142 valence electrons. The summed E-state index contributed by atoms with van der Waals surface area (Å²) in [5, 5.41) is 1.18. The van der Waals surface area contributed by atoms with E-state index in [0.29, 0.717) is 13.0 Å². The maximum Gasteiger partial charge on any atom is 0.124 e. The lowest BCUT2D eigenvalue weighted by Gasteiger charge is -2.08. The molecule has 2 aromatic carbocycles. The molecule has 0 saturated carbocycles. The van der Waals surface area contributed by atoms with Crippen molar-refractivity contribution in [2.45, 2.75) is 52.5 Å². The van der Waals surface area contributed by atoms with E-state index >= 15 is 0 Å². The molecule has 0 amide bonds. The van der Waals surface area contributed by atoms with Gasteiger partial charge in [-0.1, -0.05) is 44.4 Å². The van der Waals surface area contributed by atoms with Gasteiger partial charge in [0, 0.05) is 30.1 Å². The molecule has 3 aromatic rings. The van der Waals surface area contributed by atoms with Gasteiger partial charge in [0.05, 0.1) is 6.61 Å². The van der Waals surface area contributed by atoms with Crippen LogP contribution in [0.15, 0.2) is 48.7 Å². The number of unbranched alkanes of at least 4 members (excludes halogenated alkanes) is 3. The Bertz CT molecular complexity index is 895. The van der Waals surface area contributed by atoms with E-state index in [2.05, 4.69) is 48.0 Å². The summed E-state index contributed by atoms with van der Waals surface area (Å²) < 4.78 is 7.95. The SMILES string of the molecule is CCCCCCn1cc(CC=O)c2cc(-c3cccc(OCC)c3)ccc21. The molecule has 0 radical (unpaired) electrons. The van der Waals surface area contributed by atoms with Crippen LogP contribution in [0.2, 0.25) is 0 Å². The van der Waals surface area contributed by atoms with E-state index in [9.17, 15) is 4.79 Å². The number of rotatable bonds is 10. The Morgan fingerprint density at radius 1 is 1.00 bits per heavy atom. The Morgan fingerprint density at radius 2 is 1.85 bits per heavy atom. The standard InChI is InChI=1S/C24H29NO2/c1-3-5-6-7-14-25-18-21(13-15-26)23-17-20(11-12-24(23)25)19-9-8-10-22(16-19)27-4-2/h8-12,15-18H,3-7,13-14H2,1-2H3. The summed E-state index contributed by atoms with van der Waals surface area (Å²) in [6.45, 7) is 5.89. The van der Waals surface area contributed by atoms with Crippen molar-refractivity contribution >= 4 is 17.2 Å². The Hall–Kier alpha value is -2.55. The maximum atomic E-state index is 11.2. The summed E-state index contributed by atoms with van der Waals surface area (Å²) in [5.74, 6) is 0.886. The number of hydrogen-bond donors (Lipinski definition) is 0. The Kier molecular flexibility index (Phi) is 6.69. The van der Waals surface area contributed by atoms with Crippen molar-refractivity contribution in [2.75, 3.05) is 6.61 Å². The molecule has 27 heavy (non-hydrogen) atoms. The first-order valence-electron chi connectivity index (χ1n) is 10.1. The number of carbonyl (C=O) groups excluding carboxylic acids is 1. The molecular weight excluding hydrogens is 334 g/mol. The molecule has 0 aliphatic heterocycles. The molecule has 3 nitrogen and oxygen atoms in total. The highest BCUT2D eigenvalue weighted by Crippen LogP contribution is 2.30. The van der Waals surface area contributed by atoms with Gasteiger partial charge < -0.3 is 14.1 Å². The molecule has 0 spiro atoms. The number of aromatic nitrogens is 1. The summed E-state index contributed by atoms with van der Waals surface area (Å²) in [4.78, 5) is 11.2. The van der Waals surface area contributed by atoms with Crippen LogP contribution in [0.5, 0.6) is 5.75 Å². The smallest absolute Gasteiger partial charge is 0.124 e. The van der Waals surface area contributed by atoms with Crippen LogP contribution in [0, 0.1) is 0 Å². The van der Waals surface area contributed by atoms with Crippen LogP contribution in [0.25, 0.3) is 22.0 Å². The molecule has 0 aliphatic rings. The predicted octanol–water partition coefficient (Wildman–Crippen LogP) is 6.03. The van der Waals surface area contributed by atoms with Crippen LogP contribution in [0.3, 0.4) is 0 Å². The van der Waals surface area contributed by atoms with E-state index in [-0.39, 0.29) is 0 Å². The van der Waals surface area contributed by atoms with E-state index < -0.39 is 0 Å². The summed E-state index contributed by atoms with van der Waals surface area (Å²) in [5.41, 5.74) is 4.61. The lowest BCUT2D eigenvalue weighted by Crippen LogP contribution is -1.96. The first-order valence-corrected chi connectivity index (χ1v) is 10.1. The summed E-state index contributed by atoms with van der Waals surface area (Å²) in [6.07, 6.45) is 8.57. The van der Waals surface area contributed by atoms with E-state index in [1.807, 2.05) is 19.1 Å². The Morgan fingerprint density at radius 3 is 2.63 bits per heavy atom. The average molecular weight is 364 g/mol. The number of benzene rings is 2. The molecule has 0 atom stereocenters. The van der Waals surface area contributed by atoms with Gasteiger partial charge in [-0.3, -0.25) is 0 Å². The molecule has 3 rings (SSSR count). The van der Waals surface area contributed by atoms with Gasteiger partial charge in [0.2, 0.25) is 0 Å². The zero-order valence-electron chi connectivity index (χ0n) is 16.4. The van der Waals surface area contributed by atoms with Crippen LogP contribution >= 0.6 is 0 Å². The van der Waals surface area contributed by atoms with Gasteiger partial charge in [0.25, 0.3) is 0 Å². The third-order valence-corrected chi connectivity index (χ3v) is 5.00. The number of nitrogens with zero attached hydrogens (tertiary/aromatic N) is 1. The second kappa shape index (κ2) is 9.40. The summed E-state index contributed by atoms with van der Waals surface area (Å²) >= 11 is 0. The van der Waals surface area contributed by atoms with Gasteiger partial charge in [0.15, 0.2) is 0 Å². The highest BCUT2D eigenvalue weighted by molar-refractivity contribution is 5.90. The normalized spacial score (nSPS) is 11.0. The molecule has 0 fully saturated rings. The van der Waals surface area contributed by atoms with E-state index in [0.717, 1.165) is 35.3 Å². The number of aldehydes is 1. The van der Waals surface area contributed by atoms with Crippen LogP contribution in [-0.4, -0.2) is 17.5 Å². The molecule has 1 aromatic heterocycles. The lowest BCUT2D eigenvalue weighted by atomic mass is 10.0. The van der Waals surface area contributed by atoms with Crippen molar-refractivity contribution in [2.24, 2.45) is 0 Å². The minimum Gasteiger partial charge on any atom is -0.494 e. The van der Waals surface area contributed by atoms with Crippen molar-refractivity contribution in [1.82, 2.24) is 4.57 Å². The fraction of sp³-hybridized carbons (Fsp3) is 0.375. The van der Waals surface area contributed by atoms with E-state index in [1.54, 1.807) is 0 Å². The van der Waals surface area contributed by atoms with Crippen LogP contribution < -0.4 is 4.74 Å². The highest BCUT2D eigenvalue weighted by atomic mass is 16.5. The molecular formula is C24H29NO2. The van der Waals surface area contributed by atoms with Crippen LogP contribution in [0.1, 0.15) is 45.1 Å². The minimum atomic E-state index is 0.459. The van der Waals surface area contributed by atoms with Crippen molar-refractivity contribution in [3.8, 4) is 16.9 Å². The van der Waals surface area contributed by atoms with Crippen LogP contribution in [-0.2, 0) is 17.8 Å². The fourth-order valence-electron chi connectivity index (χ4n) is 3.63. The van der Waals surface area contributed by atoms with Crippen LogP contribution in [0.4, 0.5) is 0 Å². The highest BCUT2D eigenvalue weighted by Gasteiger charge is 2.10. The number of fused-ring (bicyclic) bond motifs is 1. The van der Waals surface area contributed by atoms with Gasteiger partial charge in [0.1, 0.15) is 12.0 Å². The fourth-order valence-corrected chi connectivity index (χ4v) is 3.63. The van der Waals surface area contributed by atoms with E-state index in [1.165, 1.54) is 36.6 Å². The Labute approximate surface area is 162 Å². The summed E-state index contributed by atoms with van der Waals surface area (Å²) in [7, 11) is 0. The zero-order valence-corrected chi connectivity index (χ0v) is 16.4. The molecule has 0 N–H and O–H groups in total. The zero-order chi connectivity index (χ0) is 19.1. The third kappa shape index (κ3) is 4.60. The molecule has 0 saturated heterocycles. The second-order valence-corrected chi connectivity index (χ2v) is 6.97. The van der Waals surface area contributed by atoms with Crippen molar-refractivity contribution in [1.29, 1.82) is 0 Å². The molecule has 1 heterocycles. The van der Waals surface area contributed by atoms with Gasteiger partial charge >= 0.3 is 0 Å². The molecule has 3 heteroatoms. The largest absolute Gasteiger partial charge is 0.494 e. The predicted molar refractivity (Wildman–Crippen MR) is 112 cm³/mol. The van der Waals surface area contributed by atoms with Crippen molar-refractivity contribution in [3.63, 3.8) is 0 Å².